The molecular formula is C23H33N5O4S. The number of H-pyrrole nitrogens is 1. The van der Waals surface area contributed by atoms with Crippen LogP contribution in [0, 0.1) is 0 Å². The summed E-state index contributed by atoms with van der Waals surface area (Å²) in [6.45, 7) is 9.89. The number of carbonyl (C=O) groups excluding carboxylic acids is 1. The highest BCUT2D eigenvalue weighted by molar-refractivity contribution is 7.89. The first-order chi connectivity index (χ1) is 15.9. The fraction of sp³-hybridized carbons (Fsp3) is 0.565. The van der Waals surface area contributed by atoms with E-state index in [1.54, 1.807) is 6.07 Å². The maximum Gasteiger partial charge on any atom is 0.252 e. The van der Waals surface area contributed by atoms with Crippen molar-refractivity contribution in [3.8, 4) is 0 Å². The van der Waals surface area contributed by atoms with Crippen LogP contribution in [0.15, 0.2) is 34.0 Å². The lowest BCUT2D eigenvalue weighted by Gasteiger charge is -2.33. The average molecular weight is 476 g/mol. The summed E-state index contributed by atoms with van der Waals surface area (Å²) in [6, 6.07) is 5.80. The van der Waals surface area contributed by atoms with Crippen molar-refractivity contribution in [2.45, 2.75) is 31.1 Å². The molecule has 4 rings (SSSR count). The van der Waals surface area contributed by atoms with Crippen LogP contribution in [0.4, 0.5) is 0 Å². The average Bonchev–Trinajstić information content (AvgIpc) is 3.37. The molecule has 2 aromatic rings. The highest BCUT2D eigenvalue weighted by Gasteiger charge is 2.28. The van der Waals surface area contributed by atoms with Crippen LogP contribution in [0.5, 0.6) is 0 Å². The summed E-state index contributed by atoms with van der Waals surface area (Å²) >= 11 is 0. The van der Waals surface area contributed by atoms with E-state index in [0.717, 1.165) is 58.5 Å². The summed E-state index contributed by atoms with van der Waals surface area (Å²) in [7, 11) is -3.62. The van der Waals surface area contributed by atoms with Crippen LogP contribution in [-0.2, 0) is 10.0 Å². The van der Waals surface area contributed by atoms with Crippen molar-refractivity contribution in [3.05, 3.63) is 40.2 Å². The molecule has 0 unspecified atom stereocenters. The van der Waals surface area contributed by atoms with Gasteiger partial charge in [-0.2, -0.15) is 4.31 Å². The second-order valence-electron chi connectivity index (χ2n) is 8.75. The second-order valence-corrected chi connectivity index (χ2v) is 10.7. The lowest BCUT2D eigenvalue weighted by atomic mass is 10.1. The number of carbonyl (C=O) groups is 1. The lowest BCUT2D eigenvalue weighted by Crippen LogP contribution is -2.46. The number of hydrogen-bond donors (Lipinski definition) is 2. The Hall–Kier alpha value is -2.27. The van der Waals surface area contributed by atoms with Gasteiger partial charge in [-0.1, -0.05) is 6.92 Å². The molecule has 0 radical (unpaired) electrons. The van der Waals surface area contributed by atoms with Crippen LogP contribution >= 0.6 is 0 Å². The van der Waals surface area contributed by atoms with Crippen molar-refractivity contribution in [1.82, 2.24) is 24.4 Å². The topological polar surface area (TPSA) is 106 Å². The number of fused-ring (bicyclic) bond motifs is 1. The standard InChI is InChI=1S/C23H33N5O4S/c1-2-26-12-14-27(15-13-26)9-5-8-24-23(30)20-17-22(29)25-21-7-6-18(16-19(20)21)33(31,32)28-10-3-4-11-28/h6-7,16-17H,2-5,8-15H2,1H3,(H,24,30)(H,25,29). The van der Waals surface area contributed by atoms with E-state index in [4.69, 9.17) is 0 Å². The van der Waals surface area contributed by atoms with Gasteiger partial charge in [0.25, 0.3) is 5.91 Å². The van der Waals surface area contributed by atoms with Crippen LogP contribution in [0.1, 0.15) is 36.5 Å². The van der Waals surface area contributed by atoms with E-state index in [-0.39, 0.29) is 16.4 Å². The lowest BCUT2D eigenvalue weighted by molar-refractivity contribution is 0.0949. The molecule has 33 heavy (non-hydrogen) atoms. The molecule has 180 valence electrons. The first-order valence-electron chi connectivity index (χ1n) is 11.8. The smallest absolute Gasteiger partial charge is 0.252 e. The fourth-order valence-electron chi connectivity index (χ4n) is 4.59. The molecule has 2 aliphatic heterocycles. The van der Waals surface area contributed by atoms with Crippen molar-refractivity contribution in [2.75, 3.05) is 58.9 Å². The molecule has 3 heterocycles. The van der Waals surface area contributed by atoms with Gasteiger partial charge in [0.15, 0.2) is 0 Å². The molecule has 2 N–H and O–H groups in total. The number of rotatable bonds is 8. The van der Waals surface area contributed by atoms with Gasteiger partial charge in [0.1, 0.15) is 0 Å². The predicted octanol–water partition coefficient (Wildman–Crippen LogP) is 1.07. The van der Waals surface area contributed by atoms with Crippen molar-refractivity contribution < 1.29 is 13.2 Å². The van der Waals surface area contributed by atoms with Crippen LogP contribution in [0.2, 0.25) is 0 Å². The number of aromatic nitrogens is 1. The summed E-state index contributed by atoms with van der Waals surface area (Å²) in [5, 5.41) is 3.34. The van der Waals surface area contributed by atoms with Crippen LogP contribution in [0.3, 0.4) is 0 Å². The van der Waals surface area contributed by atoms with Crippen molar-refractivity contribution in [1.29, 1.82) is 0 Å². The minimum Gasteiger partial charge on any atom is -0.352 e. The zero-order valence-corrected chi connectivity index (χ0v) is 20.0. The van der Waals surface area contributed by atoms with E-state index in [0.29, 0.717) is 30.5 Å². The third-order valence-electron chi connectivity index (χ3n) is 6.61. The summed E-state index contributed by atoms with van der Waals surface area (Å²) < 4.78 is 27.4. The van der Waals surface area contributed by atoms with Crippen LogP contribution in [-0.4, -0.2) is 92.3 Å². The van der Waals surface area contributed by atoms with Crippen molar-refractivity contribution in [3.63, 3.8) is 0 Å². The number of hydrogen-bond acceptors (Lipinski definition) is 6. The first-order valence-corrected chi connectivity index (χ1v) is 13.2. The number of aromatic amines is 1. The molecule has 10 heteroatoms. The number of nitrogens with zero attached hydrogens (tertiary/aromatic N) is 3. The van der Waals surface area contributed by atoms with E-state index < -0.39 is 15.6 Å². The summed E-state index contributed by atoms with van der Waals surface area (Å²) in [5.41, 5.74) is 0.252. The quantitative estimate of drug-likeness (QED) is 0.554. The minimum atomic E-state index is -3.62. The molecular weight excluding hydrogens is 442 g/mol. The molecule has 2 saturated heterocycles. The maximum absolute atomic E-state index is 13.0. The summed E-state index contributed by atoms with van der Waals surface area (Å²) in [5.74, 6) is -0.363. The van der Waals surface area contributed by atoms with Crippen molar-refractivity contribution in [2.24, 2.45) is 0 Å². The molecule has 0 bridgehead atoms. The Morgan fingerprint density at radius 2 is 1.73 bits per heavy atom. The fourth-order valence-corrected chi connectivity index (χ4v) is 6.13. The van der Waals surface area contributed by atoms with E-state index in [2.05, 4.69) is 27.0 Å². The molecule has 9 nitrogen and oxygen atoms in total. The molecule has 1 aromatic carbocycles. The number of likely N-dealkylation sites (N-methyl/N-ethyl adjacent to an activating group) is 1. The van der Waals surface area contributed by atoms with E-state index in [9.17, 15) is 18.0 Å². The summed E-state index contributed by atoms with van der Waals surface area (Å²) in [4.78, 5) is 32.7. The zero-order valence-electron chi connectivity index (χ0n) is 19.2. The van der Waals surface area contributed by atoms with Gasteiger partial charge in [-0.15, -0.1) is 0 Å². The van der Waals surface area contributed by atoms with Gasteiger partial charge in [0.05, 0.1) is 10.5 Å². The number of piperazine rings is 1. The number of sulfonamides is 1. The maximum atomic E-state index is 13.0. The van der Waals surface area contributed by atoms with E-state index in [1.807, 2.05) is 0 Å². The molecule has 2 aliphatic rings. The summed E-state index contributed by atoms with van der Waals surface area (Å²) in [6.07, 6.45) is 2.51. The van der Waals surface area contributed by atoms with Gasteiger partial charge >= 0.3 is 0 Å². The normalized spacial score (nSPS) is 18.7. The Balaban J connectivity index is 1.45. The highest BCUT2D eigenvalue weighted by Crippen LogP contribution is 2.25. The van der Waals surface area contributed by atoms with E-state index >= 15 is 0 Å². The zero-order chi connectivity index (χ0) is 23.4. The van der Waals surface area contributed by atoms with E-state index in [1.165, 1.54) is 22.5 Å². The largest absolute Gasteiger partial charge is 0.352 e. The molecule has 0 atom stereocenters. The third kappa shape index (κ3) is 5.46. The molecule has 0 aliphatic carbocycles. The molecule has 0 spiro atoms. The second kappa shape index (κ2) is 10.3. The first kappa shape index (κ1) is 23.9. The van der Waals surface area contributed by atoms with Gasteiger partial charge in [-0.3, -0.25) is 9.59 Å². The Bertz CT molecular complexity index is 1150. The Kier molecular flexibility index (Phi) is 7.48. The molecule has 2 fully saturated rings. The molecule has 1 aromatic heterocycles. The number of amides is 1. The van der Waals surface area contributed by atoms with Gasteiger partial charge in [-0.25, -0.2) is 8.42 Å². The Morgan fingerprint density at radius 1 is 1.03 bits per heavy atom. The number of benzene rings is 1. The highest BCUT2D eigenvalue weighted by atomic mass is 32.2. The van der Waals surface area contributed by atoms with Gasteiger partial charge in [0.2, 0.25) is 15.6 Å². The Labute approximate surface area is 194 Å². The Morgan fingerprint density at radius 3 is 2.42 bits per heavy atom. The van der Waals surface area contributed by atoms with Gasteiger partial charge in [-0.05, 0) is 50.6 Å². The molecule has 0 saturated carbocycles. The predicted molar refractivity (Wildman–Crippen MR) is 128 cm³/mol. The minimum absolute atomic E-state index is 0.143. The number of nitrogens with one attached hydrogen (secondary N) is 2. The van der Waals surface area contributed by atoms with Crippen LogP contribution < -0.4 is 10.9 Å². The SMILES string of the molecule is CCN1CCN(CCCNC(=O)c2cc(=O)[nH]c3ccc(S(=O)(=O)N4CCCC4)cc23)CC1. The number of pyridine rings is 1. The van der Waals surface area contributed by atoms with Gasteiger partial charge < -0.3 is 20.1 Å². The molecule has 1 amide bonds. The van der Waals surface area contributed by atoms with Crippen molar-refractivity contribution >= 4 is 26.8 Å². The third-order valence-corrected chi connectivity index (χ3v) is 8.51. The van der Waals surface area contributed by atoms with Crippen LogP contribution in [0.25, 0.3) is 10.9 Å². The monoisotopic (exact) mass is 475 g/mol. The van der Waals surface area contributed by atoms with Gasteiger partial charge in [0, 0.05) is 62.8 Å².